The number of nitrogens with one attached hydrogen (secondary N) is 1. The van der Waals surface area contributed by atoms with Crippen molar-refractivity contribution in [2.75, 3.05) is 5.32 Å². The molecule has 0 aliphatic heterocycles. The second-order valence-electron chi connectivity index (χ2n) is 5.45. The lowest BCUT2D eigenvalue weighted by Gasteiger charge is -2.06. The quantitative estimate of drug-likeness (QED) is 0.555. The summed E-state index contributed by atoms with van der Waals surface area (Å²) in [5.74, 6) is -0.443. The minimum Gasteiger partial charge on any atom is -0.423 e. The molecule has 0 unspecified atom stereocenters. The minimum absolute atomic E-state index is 0.399. The van der Waals surface area contributed by atoms with Crippen molar-refractivity contribution in [1.82, 2.24) is 0 Å². The molecule has 2 aromatic carbocycles. The summed E-state index contributed by atoms with van der Waals surface area (Å²) in [7, 11) is 0. The molecule has 132 valence electrons. The molecule has 3 aromatic rings. The molecular formula is C19H12F3NO3. The van der Waals surface area contributed by atoms with Crippen LogP contribution in [0.4, 0.5) is 18.9 Å². The van der Waals surface area contributed by atoms with Gasteiger partial charge in [-0.25, -0.2) is 4.79 Å². The van der Waals surface area contributed by atoms with Crippen molar-refractivity contribution in [3.8, 4) is 0 Å². The number of benzene rings is 2. The summed E-state index contributed by atoms with van der Waals surface area (Å²) in [5, 5.41) is 3.28. The molecule has 3 rings (SSSR count). The van der Waals surface area contributed by atoms with Gasteiger partial charge in [0.1, 0.15) is 5.58 Å². The first-order chi connectivity index (χ1) is 12.3. The van der Waals surface area contributed by atoms with Gasteiger partial charge in [0.25, 0.3) is 0 Å². The van der Waals surface area contributed by atoms with Gasteiger partial charge < -0.3 is 9.73 Å². The van der Waals surface area contributed by atoms with Crippen LogP contribution in [0.15, 0.2) is 69.9 Å². The van der Waals surface area contributed by atoms with E-state index < -0.39 is 23.3 Å². The first-order valence-corrected chi connectivity index (χ1v) is 7.51. The lowest BCUT2D eigenvalue weighted by molar-refractivity contribution is -0.137. The average molecular weight is 359 g/mol. The number of carbonyl (C=O) groups excluding carboxylic acids is 1. The third-order valence-electron chi connectivity index (χ3n) is 3.55. The lowest BCUT2D eigenvalue weighted by Crippen LogP contribution is -2.07. The molecule has 1 aromatic heterocycles. The molecule has 1 N–H and O–H groups in total. The molecule has 0 aliphatic rings. The standard InChI is InChI=1S/C19H12F3NO3/c20-19(21,22)14-5-1-12(2-6-14)3-9-17(24)23-15-7-8-16-13(11-15)4-10-18(25)26-16/h1-11H,(H,23,24)/b9-3+. The highest BCUT2D eigenvalue weighted by Gasteiger charge is 2.29. The summed E-state index contributed by atoms with van der Waals surface area (Å²) in [6.45, 7) is 0. The molecule has 1 heterocycles. The normalized spacial score (nSPS) is 11.8. The van der Waals surface area contributed by atoms with Crippen molar-refractivity contribution in [2.45, 2.75) is 6.18 Å². The zero-order valence-corrected chi connectivity index (χ0v) is 13.2. The molecule has 0 saturated carbocycles. The Bertz CT molecular complexity index is 1030. The van der Waals surface area contributed by atoms with Crippen molar-refractivity contribution in [3.05, 3.63) is 82.2 Å². The highest BCUT2D eigenvalue weighted by Crippen LogP contribution is 2.29. The van der Waals surface area contributed by atoms with Crippen LogP contribution in [0, 0.1) is 0 Å². The topological polar surface area (TPSA) is 59.3 Å². The van der Waals surface area contributed by atoms with Gasteiger partial charge in [0.2, 0.25) is 5.91 Å². The Hall–Kier alpha value is -3.35. The second kappa shape index (κ2) is 6.87. The number of amides is 1. The Morgan fingerprint density at radius 2 is 1.73 bits per heavy atom. The fourth-order valence-electron chi connectivity index (χ4n) is 2.29. The monoisotopic (exact) mass is 359 g/mol. The largest absolute Gasteiger partial charge is 0.423 e. The van der Waals surface area contributed by atoms with Crippen LogP contribution in [0.3, 0.4) is 0 Å². The Morgan fingerprint density at radius 3 is 2.42 bits per heavy atom. The van der Waals surface area contributed by atoms with Crippen molar-refractivity contribution >= 4 is 28.6 Å². The van der Waals surface area contributed by atoms with Gasteiger partial charge in [-0.05, 0) is 48.0 Å². The van der Waals surface area contributed by atoms with Crippen LogP contribution in [-0.4, -0.2) is 5.91 Å². The highest BCUT2D eigenvalue weighted by molar-refractivity contribution is 6.02. The molecule has 0 bridgehead atoms. The molecule has 0 atom stereocenters. The van der Waals surface area contributed by atoms with Gasteiger partial charge in [0.05, 0.1) is 5.56 Å². The SMILES string of the molecule is O=C(/C=C/c1ccc(C(F)(F)F)cc1)Nc1ccc2oc(=O)ccc2c1. The Balaban J connectivity index is 1.69. The van der Waals surface area contributed by atoms with Crippen molar-refractivity contribution in [2.24, 2.45) is 0 Å². The van der Waals surface area contributed by atoms with E-state index in [0.717, 1.165) is 12.1 Å². The smallest absolute Gasteiger partial charge is 0.416 e. The molecule has 0 fully saturated rings. The number of alkyl halides is 3. The summed E-state index contributed by atoms with van der Waals surface area (Å²) in [5.41, 5.74) is 0.147. The number of halogens is 3. The third kappa shape index (κ3) is 4.18. The Labute approximate surface area is 145 Å². The van der Waals surface area contributed by atoms with Crippen molar-refractivity contribution < 1.29 is 22.4 Å². The molecule has 4 nitrogen and oxygen atoms in total. The zero-order valence-electron chi connectivity index (χ0n) is 13.2. The van der Waals surface area contributed by atoms with Gasteiger partial charge in [-0.3, -0.25) is 4.79 Å². The molecule has 0 saturated heterocycles. The van der Waals surface area contributed by atoms with Crippen LogP contribution in [0.1, 0.15) is 11.1 Å². The van der Waals surface area contributed by atoms with Gasteiger partial charge in [0, 0.05) is 23.2 Å². The van der Waals surface area contributed by atoms with E-state index >= 15 is 0 Å². The summed E-state index contributed by atoms with van der Waals surface area (Å²) in [6.07, 6.45) is -1.76. The maximum atomic E-state index is 12.5. The maximum absolute atomic E-state index is 12.5. The van der Waals surface area contributed by atoms with Gasteiger partial charge >= 0.3 is 11.8 Å². The number of anilines is 1. The molecule has 0 radical (unpaired) electrons. The van der Waals surface area contributed by atoms with Crippen LogP contribution >= 0.6 is 0 Å². The molecule has 26 heavy (non-hydrogen) atoms. The van der Waals surface area contributed by atoms with Crippen molar-refractivity contribution in [1.29, 1.82) is 0 Å². The second-order valence-corrected chi connectivity index (χ2v) is 5.45. The fraction of sp³-hybridized carbons (Fsp3) is 0.0526. The predicted octanol–water partition coefficient (Wildman–Crippen LogP) is 4.46. The summed E-state index contributed by atoms with van der Waals surface area (Å²) >= 11 is 0. The minimum atomic E-state index is -4.39. The summed E-state index contributed by atoms with van der Waals surface area (Å²) < 4.78 is 42.5. The predicted molar refractivity (Wildman–Crippen MR) is 91.6 cm³/mol. The number of rotatable bonds is 3. The van der Waals surface area contributed by atoms with Crippen LogP contribution in [-0.2, 0) is 11.0 Å². The number of hydrogen-bond acceptors (Lipinski definition) is 3. The fourth-order valence-corrected chi connectivity index (χ4v) is 2.29. The van der Waals surface area contributed by atoms with Crippen LogP contribution in [0.5, 0.6) is 0 Å². The van der Waals surface area contributed by atoms with Crippen LogP contribution in [0.25, 0.3) is 17.0 Å². The molecule has 1 amide bonds. The van der Waals surface area contributed by atoms with E-state index in [4.69, 9.17) is 4.42 Å². The Kier molecular flexibility index (Phi) is 4.62. The van der Waals surface area contributed by atoms with Gasteiger partial charge in [-0.15, -0.1) is 0 Å². The van der Waals surface area contributed by atoms with E-state index in [9.17, 15) is 22.8 Å². The zero-order chi connectivity index (χ0) is 18.7. The molecule has 0 aliphatic carbocycles. The van der Waals surface area contributed by atoms with Gasteiger partial charge in [-0.1, -0.05) is 12.1 Å². The summed E-state index contributed by atoms with van der Waals surface area (Å²) in [6, 6.07) is 12.1. The molecular weight excluding hydrogens is 347 g/mol. The van der Waals surface area contributed by atoms with Gasteiger partial charge in [-0.2, -0.15) is 13.2 Å². The number of fused-ring (bicyclic) bond motifs is 1. The van der Waals surface area contributed by atoms with Crippen molar-refractivity contribution in [3.63, 3.8) is 0 Å². The molecule has 0 spiro atoms. The average Bonchev–Trinajstić information content (AvgIpc) is 2.60. The van der Waals surface area contributed by atoms with E-state index in [1.165, 1.54) is 30.4 Å². The van der Waals surface area contributed by atoms with Crippen LogP contribution < -0.4 is 10.9 Å². The Morgan fingerprint density at radius 1 is 1.00 bits per heavy atom. The van der Waals surface area contributed by atoms with E-state index in [2.05, 4.69) is 5.32 Å². The third-order valence-corrected chi connectivity index (χ3v) is 3.55. The van der Waals surface area contributed by atoms with Crippen LogP contribution in [0.2, 0.25) is 0 Å². The van der Waals surface area contributed by atoms with E-state index in [1.807, 2.05) is 0 Å². The van der Waals surface area contributed by atoms with E-state index in [0.29, 0.717) is 22.2 Å². The first kappa shape index (κ1) is 17.5. The van der Waals surface area contributed by atoms with E-state index in [-0.39, 0.29) is 0 Å². The number of hydrogen-bond donors (Lipinski definition) is 1. The van der Waals surface area contributed by atoms with E-state index in [1.54, 1.807) is 24.3 Å². The molecule has 7 heteroatoms. The van der Waals surface area contributed by atoms with Gasteiger partial charge in [0.15, 0.2) is 0 Å². The highest BCUT2D eigenvalue weighted by atomic mass is 19.4. The first-order valence-electron chi connectivity index (χ1n) is 7.51. The lowest BCUT2D eigenvalue weighted by atomic mass is 10.1. The number of carbonyl (C=O) groups is 1. The summed E-state index contributed by atoms with van der Waals surface area (Å²) in [4.78, 5) is 23.1. The maximum Gasteiger partial charge on any atom is 0.416 e.